The molecule has 0 aromatic carbocycles. The Bertz CT molecular complexity index is 119. The molecule has 1 rings (SSSR count). The van der Waals surface area contributed by atoms with Gasteiger partial charge in [-0.1, -0.05) is 0 Å². The fourth-order valence-corrected chi connectivity index (χ4v) is 1.53. The molecule has 0 unspecified atom stereocenters. The Hall–Kier alpha value is -0.120. The van der Waals surface area contributed by atoms with Crippen LogP contribution in [0, 0.1) is 0 Å². The molecule has 0 aliphatic carbocycles. The normalized spacial score (nSPS) is 26.0. The van der Waals surface area contributed by atoms with Crippen LogP contribution in [0.25, 0.3) is 0 Å². The predicted octanol–water partition coefficient (Wildman–Crippen LogP) is 0.744. The molecule has 3 heteroatoms. The summed E-state index contributed by atoms with van der Waals surface area (Å²) in [5.74, 6) is 0. The molecule has 1 aliphatic rings. The fraction of sp³-hybridized carbons (Fsp3) is 1.00. The van der Waals surface area contributed by atoms with Crippen molar-refractivity contribution in [1.29, 1.82) is 0 Å². The summed E-state index contributed by atoms with van der Waals surface area (Å²) in [6, 6.07) is 0. The highest BCUT2D eigenvalue weighted by molar-refractivity contribution is 4.67. The third kappa shape index (κ3) is 3.52. The standard InChI is InChI=1S/C9H19NO2/c1-9-8-10(5-7-12-9)4-3-6-11-2/h9H,3-8H2,1-2H3/t9-/m0/s1. The van der Waals surface area contributed by atoms with Gasteiger partial charge >= 0.3 is 0 Å². The lowest BCUT2D eigenvalue weighted by molar-refractivity contribution is -0.0201. The summed E-state index contributed by atoms with van der Waals surface area (Å²) >= 11 is 0. The smallest absolute Gasteiger partial charge is 0.0674 e. The van der Waals surface area contributed by atoms with E-state index in [-0.39, 0.29) is 0 Å². The predicted molar refractivity (Wildman–Crippen MR) is 48.3 cm³/mol. The molecule has 0 radical (unpaired) electrons. The monoisotopic (exact) mass is 173 g/mol. The first kappa shape index (κ1) is 9.96. The number of nitrogens with zero attached hydrogens (tertiary/aromatic N) is 1. The largest absolute Gasteiger partial charge is 0.385 e. The Morgan fingerprint density at radius 2 is 2.42 bits per heavy atom. The summed E-state index contributed by atoms with van der Waals surface area (Å²) in [7, 11) is 1.75. The number of morpholine rings is 1. The minimum atomic E-state index is 0.404. The van der Waals surface area contributed by atoms with Gasteiger partial charge in [0.05, 0.1) is 12.7 Å². The molecule has 0 saturated carbocycles. The molecule has 0 aromatic rings. The van der Waals surface area contributed by atoms with Crippen LogP contribution in [0.2, 0.25) is 0 Å². The summed E-state index contributed by atoms with van der Waals surface area (Å²) in [6.07, 6.45) is 1.53. The van der Waals surface area contributed by atoms with Gasteiger partial charge in [0.25, 0.3) is 0 Å². The van der Waals surface area contributed by atoms with Crippen LogP contribution in [0.15, 0.2) is 0 Å². The Labute approximate surface area is 74.6 Å². The summed E-state index contributed by atoms with van der Waals surface area (Å²) in [5.41, 5.74) is 0. The second-order valence-corrected chi connectivity index (χ2v) is 3.33. The molecule has 0 amide bonds. The average molecular weight is 173 g/mol. The second kappa shape index (κ2) is 5.51. The zero-order valence-electron chi connectivity index (χ0n) is 8.08. The van der Waals surface area contributed by atoms with Gasteiger partial charge in [0.2, 0.25) is 0 Å². The topological polar surface area (TPSA) is 21.7 Å². The van der Waals surface area contributed by atoms with Crippen molar-refractivity contribution in [3.8, 4) is 0 Å². The van der Waals surface area contributed by atoms with Crippen molar-refractivity contribution in [2.75, 3.05) is 40.0 Å². The van der Waals surface area contributed by atoms with Crippen molar-refractivity contribution in [2.45, 2.75) is 19.4 Å². The molecule has 1 saturated heterocycles. The second-order valence-electron chi connectivity index (χ2n) is 3.33. The number of methoxy groups -OCH3 is 1. The molecule has 72 valence electrons. The van der Waals surface area contributed by atoms with Crippen LogP contribution in [0.1, 0.15) is 13.3 Å². The number of rotatable bonds is 4. The first-order valence-electron chi connectivity index (χ1n) is 4.66. The molecule has 0 N–H and O–H groups in total. The van der Waals surface area contributed by atoms with E-state index in [4.69, 9.17) is 9.47 Å². The lowest BCUT2D eigenvalue weighted by Gasteiger charge is -2.30. The quantitative estimate of drug-likeness (QED) is 0.585. The van der Waals surface area contributed by atoms with Crippen molar-refractivity contribution in [3.63, 3.8) is 0 Å². The van der Waals surface area contributed by atoms with Gasteiger partial charge in [-0.05, 0) is 13.3 Å². The third-order valence-electron chi connectivity index (χ3n) is 2.15. The van der Waals surface area contributed by atoms with Gasteiger partial charge in [0, 0.05) is 33.4 Å². The highest BCUT2D eigenvalue weighted by Gasteiger charge is 2.15. The zero-order valence-corrected chi connectivity index (χ0v) is 8.08. The molecule has 1 fully saturated rings. The summed E-state index contributed by atoms with van der Waals surface area (Å²) in [5, 5.41) is 0. The Balaban J connectivity index is 2.06. The van der Waals surface area contributed by atoms with Crippen LogP contribution in [0.3, 0.4) is 0 Å². The Morgan fingerprint density at radius 3 is 3.08 bits per heavy atom. The summed E-state index contributed by atoms with van der Waals surface area (Å²) in [6.45, 7) is 7.17. The molecule has 0 spiro atoms. The van der Waals surface area contributed by atoms with Crippen LogP contribution >= 0.6 is 0 Å². The van der Waals surface area contributed by atoms with Crippen LogP contribution < -0.4 is 0 Å². The van der Waals surface area contributed by atoms with Crippen molar-refractivity contribution >= 4 is 0 Å². The van der Waals surface area contributed by atoms with Gasteiger partial charge in [-0.2, -0.15) is 0 Å². The molecule has 12 heavy (non-hydrogen) atoms. The van der Waals surface area contributed by atoms with E-state index in [9.17, 15) is 0 Å². The van der Waals surface area contributed by atoms with Gasteiger partial charge in [0.15, 0.2) is 0 Å². The van der Waals surface area contributed by atoms with E-state index < -0.39 is 0 Å². The molecule has 1 atom stereocenters. The molecule has 1 heterocycles. The van der Waals surface area contributed by atoms with Gasteiger partial charge in [-0.3, -0.25) is 4.90 Å². The minimum absolute atomic E-state index is 0.404. The van der Waals surface area contributed by atoms with Crippen LogP contribution in [-0.2, 0) is 9.47 Å². The number of ether oxygens (including phenoxy) is 2. The lowest BCUT2D eigenvalue weighted by atomic mass is 10.3. The van der Waals surface area contributed by atoms with Crippen molar-refractivity contribution in [2.24, 2.45) is 0 Å². The number of hydrogen-bond acceptors (Lipinski definition) is 3. The van der Waals surface area contributed by atoms with Crippen LogP contribution in [0.4, 0.5) is 0 Å². The first-order valence-corrected chi connectivity index (χ1v) is 4.66. The molecular weight excluding hydrogens is 154 g/mol. The van der Waals surface area contributed by atoms with Crippen molar-refractivity contribution < 1.29 is 9.47 Å². The molecular formula is C9H19NO2. The maximum atomic E-state index is 5.44. The molecule has 0 bridgehead atoms. The molecule has 3 nitrogen and oxygen atoms in total. The van der Waals surface area contributed by atoms with Gasteiger partial charge < -0.3 is 9.47 Å². The van der Waals surface area contributed by atoms with E-state index in [0.29, 0.717) is 6.10 Å². The molecule has 0 aromatic heterocycles. The zero-order chi connectivity index (χ0) is 8.81. The third-order valence-corrected chi connectivity index (χ3v) is 2.15. The van der Waals surface area contributed by atoms with E-state index in [1.807, 2.05) is 0 Å². The van der Waals surface area contributed by atoms with Gasteiger partial charge in [0.1, 0.15) is 0 Å². The minimum Gasteiger partial charge on any atom is -0.385 e. The maximum absolute atomic E-state index is 5.44. The van der Waals surface area contributed by atoms with E-state index in [1.54, 1.807) is 7.11 Å². The van der Waals surface area contributed by atoms with E-state index in [0.717, 1.165) is 39.3 Å². The van der Waals surface area contributed by atoms with Crippen LogP contribution in [-0.4, -0.2) is 51.0 Å². The summed E-state index contributed by atoms with van der Waals surface area (Å²) < 4.78 is 10.4. The van der Waals surface area contributed by atoms with Crippen molar-refractivity contribution in [3.05, 3.63) is 0 Å². The highest BCUT2D eigenvalue weighted by atomic mass is 16.5. The van der Waals surface area contributed by atoms with Gasteiger partial charge in [-0.25, -0.2) is 0 Å². The summed E-state index contributed by atoms with van der Waals surface area (Å²) in [4.78, 5) is 2.44. The highest BCUT2D eigenvalue weighted by Crippen LogP contribution is 2.04. The fourth-order valence-electron chi connectivity index (χ4n) is 1.53. The maximum Gasteiger partial charge on any atom is 0.0674 e. The van der Waals surface area contributed by atoms with E-state index >= 15 is 0 Å². The van der Waals surface area contributed by atoms with Crippen LogP contribution in [0.5, 0.6) is 0 Å². The Kier molecular flexibility index (Phi) is 4.58. The number of hydrogen-bond donors (Lipinski definition) is 0. The SMILES string of the molecule is COCCCN1CCO[C@@H](C)C1. The lowest BCUT2D eigenvalue weighted by Crippen LogP contribution is -2.41. The average Bonchev–Trinajstić information content (AvgIpc) is 2.05. The first-order chi connectivity index (χ1) is 5.83. The molecule has 1 aliphatic heterocycles. The van der Waals surface area contributed by atoms with E-state index in [2.05, 4.69) is 11.8 Å². The van der Waals surface area contributed by atoms with Gasteiger partial charge in [-0.15, -0.1) is 0 Å². The Morgan fingerprint density at radius 1 is 1.58 bits per heavy atom. The van der Waals surface area contributed by atoms with E-state index in [1.165, 1.54) is 0 Å². The van der Waals surface area contributed by atoms with Crippen molar-refractivity contribution in [1.82, 2.24) is 4.90 Å².